The van der Waals surface area contributed by atoms with Crippen molar-refractivity contribution in [2.45, 2.75) is 0 Å². The largest absolute Gasteiger partial charge is 0.354 e. The molecule has 0 amide bonds. The Morgan fingerprint density at radius 1 is 0.172 bits per heavy atom. The fourth-order valence-electron chi connectivity index (χ4n) is 20.9. The highest BCUT2D eigenvalue weighted by molar-refractivity contribution is 6.47. The van der Waals surface area contributed by atoms with Crippen LogP contribution in [0.15, 0.2) is 240 Å². The summed E-state index contributed by atoms with van der Waals surface area (Å²) < 4.78 is 0. The normalized spacial score (nSPS) is 14.7. The lowest BCUT2D eigenvalue weighted by Crippen LogP contribution is -2.15. The molecule has 20 aromatic rings. The number of benzene rings is 20. The SMILES string of the molecule is O=C1C=CC(=O)c2c(Nc3cc4cc5c6c(Nc7cc8c9ccc%10c%11c(ccc(c%12ccc%13c(c7C=CC%13=O)c%128)c%119)C(=O)C=C%10)cccc6c(=O)c6c(Nc7cccc8c7C(=O)C=CC8=O)cc7cc8c9c(Nc%10cc%11c%12ccc%13c%14c(ccc(c%15ccc%16c(c%10C=CC%16=O)c%15%11)c%14%12)C(=O)C=C%13)cccc9c(=O)c3c8c4c7c65)cccc21. The van der Waals surface area contributed by atoms with Gasteiger partial charge in [0.1, 0.15) is 0 Å². The summed E-state index contributed by atoms with van der Waals surface area (Å²) in [6.07, 6.45) is 18.8. The molecule has 116 heavy (non-hydrogen) atoms. The van der Waals surface area contributed by atoms with Gasteiger partial charge < -0.3 is 21.3 Å². The first-order valence-corrected chi connectivity index (χ1v) is 38.2. The van der Waals surface area contributed by atoms with E-state index in [0.717, 1.165) is 108 Å². The smallest absolute Gasteiger partial charge is 0.196 e. The molecule has 0 heterocycles. The predicted molar refractivity (Wildman–Crippen MR) is 465 cm³/mol. The Bertz CT molecular complexity index is 8340. The van der Waals surface area contributed by atoms with Crippen LogP contribution < -0.4 is 32.1 Å². The molecule has 0 aromatic heterocycles. The Labute approximate surface area is 651 Å². The van der Waals surface area contributed by atoms with Gasteiger partial charge in [0.05, 0.1) is 44.6 Å². The number of anilines is 8. The summed E-state index contributed by atoms with van der Waals surface area (Å²) in [5.74, 6) is -2.02. The fourth-order valence-corrected chi connectivity index (χ4v) is 20.9. The molecule has 0 unspecified atom stereocenters. The lowest BCUT2D eigenvalue weighted by molar-refractivity contribution is 0.0994. The van der Waals surface area contributed by atoms with Crippen molar-refractivity contribution in [3.8, 4) is 0 Å². The first kappa shape index (κ1) is 62.7. The van der Waals surface area contributed by atoms with Crippen LogP contribution in [0.2, 0.25) is 0 Å². The summed E-state index contributed by atoms with van der Waals surface area (Å²) in [5, 5.41) is 35.9. The van der Waals surface area contributed by atoms with Crippen molar-refractivity contribution in [3.63, 3.8) is 0 Å². The zero-order valence-electron chi connectivity index (χ0n) is 60.3. The molecule has 0 bridgehead atoms. The van der Waals surface area contributed by atoms with Crippen molar-refractivity contribution in [1.82, 2.24) is 0 Å². The maximum absolute atomic E-state index is 16.7. The van der Waals surface area contributed by atoms with E-state index >= 15 is 9.59 Å². The standard InChI is InChI=1S/C102H46N4O10/c107-75-29-15-43-13-17-51-63-41-71(53-27-31-77(109)59-25-21-49(91(63)93(53)59)47-19-23-57(75)83(43)89(47)51)103-67-9-3-7-61-87(67)65-38-46-40-74(106-70-12-2-6-56-80(112)34-36-82(114)96(56)70)100-98-66(37-45-39-73(99(101(61)115)97(65)85(45)86(46)98)105-69-11-1-5-55-79(111)33-35-81(113)95(55)69)88-62(102(100)116)8-4-10-68(88)104-72-42-64-52-18-14-44-16-30-76(108)58-24-20-48(90(52)84(44)58)50-22-26-60-78(110)32-28-54(72)94(60)92(50)64/h1-42,103-106H. The highest BCUT2D eigenvalue weighted by Crippen LogP contribution is 2.56. The lowest BCUT2D eigenvalue weighted by atomic mass is 9.81. The van der Waals surface area contributed by atoms with Gasteiger partial charge in [-0.25, -0.2) is 0 Å². The second kappa shape index (κ2) is 21.5. The zero-order chi connectivity index (χ0) is 77.2. The van der Waals surface area contributed by atoms with E-state index in [2.05, 4.69) is 45.5 Å². The van der Waals surface area contributed by atoms with E-state index in [0.29, 0.717) is 132 Å². The third kappa shape index (κ3) is 7.78. The van der Waals surface area contributed by atoms with Gasteiger partial charge in [0.2, 0.25) is 0 Å². The van der Waals surface area contributed by atoms with E-state index in [1.54, 1.807) is 72.8 Å². The van der Waals surface area contributed by atoms with E-state index in [9.17, 15) is 38.4 Å². The van der Waals surface area contributed by atoms with Gasteiger partial charge in [0, 0.05) is 121 Å². The Morgan fingerprint density at radius 3 is 0.922 bits per heavy atom. The first-order valence-electron chi connectivity index (χ1n) is 38.2. The third-order valence-electron chi connectivity index (χ3n) is 25.6. The Hall–Kier alpha value is -16.1. The molecule has 0 spiro atoms. The summed E-state index contributed by atoms with van der Waals surface area (Å²) in [6.45, 7) is 0. The highest BCUT2D eigenvalue weighted by Gasteiger charge is 2.34. The summed E-state index contributed by atoms with van der Waals surface area (Å²) in [7, 11) is 0. The molecular formula is C102H46N4O10. The topological polar surface area (TPSA) is 219 Å². The highest BCUT2D eigenvalue weighted by atomic mass is 16.2. The maximum atomic E-state index is 16.7. The Kier molecular flexibility index (Phi) is 11.6. The van der Waals surface area contributed by atoms with Crippen molar-refractivity contribution in [2.75, 3.05) is 21.3 Å². The minimum absolute atomic E-state index is 0.0893. The number of carbonyl (C=O) groups is 8. The number of allylic oxidation sites excluding steroid dienone is 8. The van der Waals surface area contributed by atoms with Crippen molar-refractivity contribution >= 4 is 278 Å². The summed E-state index contributed by atoms with van der Waals surface area (Å²) >= 11 is 0. The number of carbonyl (C=O) groups excluding carboxylic acids is 8. The minimum atomic E-state index is -0.405. The number of hydrogen-bond donors (Lipinski definition) is 4. The molecular weight excluding hydrogens is 1440 g/mol. The molecule has 14 nitrogen and oxygen atoms in total. The molecule has 0 fully saturated rings. The van der Waals surface area contributed by atoms with Crippen LogP contribution in [-0.2, 0) is 0 Å². The molecule has 0 aliphatic heterocycles. The summed E-state index contributed by atoms with van der Waals surface area (Å²) in [5.41, 5.74) is 9.02. The average molecular weight is 1490 g/mol. The van der Waals surface area contributed by atoms with Crippen LogP contribution in [0, 0.1) is 0 Å². The number of ketones is 8. The summed E-state index contributed by atoms with van der Waals surface area (Å²) in [4.78, 5) is 145. The Balaban J connectivity index is 0.776. The van der Waals surface area contributed by atoms with E-state index in [4.69, 9.17) is 0 Å². The molecule has 0 radical (unpaired) electrons. The average Bonchev–Trinajstić information content (AvgIpc) is 0.680. The van der Waals surface area contributed by atoms with E-state index in [-0.39, 0.29) is 78.6 Å². The lowest BCUT2D eigenvalue weighted by Gasteiger charge is -2.25. The third-order valence-corrected chi connectivity index (χ3v) is 25.6. The predicted octanol–water partition coefficient (Wildman–Crippen LogP) is 22.6. The van der Waals surface area contributed by atoms with Gasteiger partial charge in [0.25, 0.3) is 0 Å². The molecule has 20 aromatic carbocycles. The summed E-state index contributed by atoms with van der Waals surface area (Å²) in [6, 6.07) is 57.0. The molecule has 0 atom stereocenters. The van der Waals surface area contributed by atoms with Crippen molar-refractivity contribution in [3.05, 3.63) is 318 Å². The van der Waals surface area contributed by atoms with Gasteiger partial charge in [-0.2, -0.15) is 0 Å². The van der Waals surface area contributed by atoms with Crippen LogP contribution in [0.4, 0.5) is 45.5 Å². The van der Waals surface area contributed by atoms with Gasteiger partial charge in [-0.15, -0.1) is 0 Å². The first-order chi connectivity index (χ1) is 56.7. The van der Waals surface area contributed by atoms with Crippen molar-refractivity contribution < 1.29 is 38.4 Å². The Morgan fingerprint density at radius 2 is 0.500 bits per heavy atom. The second-order valence-electron chi connectivity index (χ2n) is 31.2. The second-order valence-corrected chi connectivity index (χ2v) is 31.2. The van der Waals surface area contributed by atoms with Crippen LogP contribution in [0.1, 0.15) is 105 Å². The van der Waals surface area contributed by atoms with E-state index < -0.39 is 11.6 Å². The fraction of sp³-hybridized carbons (Fsp3) is 0. The van der Waals surface area contributed by atoms with Crippen LogP contribution in [0.5, 0.6) is 0 Å². The molecule has 0 saturated carbocycles. The number of nitrogens with one attached hydrogen (secondary N) is 4. The van der Waals surface area contributed by atoms with Gasteiger partial charge in [-0.05, 0) is 254 Å². The maximum Gasteiger partial charge on any atom is 0.196 e. The number of rotatable bonds is 8. The minimum Gasteiger partial charge on any atom is -0.354 e. The van der Waals surface area contributed by atoms with Gasteiger partial charge in [-0.3, -0.25) is 47.9 Å². The van der Waals surface area contributed by atoms with Gasteiger partial charge >= 0.3 is 0 Å². The molecule has 6 aliphatic rings. The molecule has 6 aliphatic carbocycles. The van der Waals surface area contributed by atoms with Crippen molar-refractivity contribution in [2.24, 2.45) is 0 Å². The van der Waals surface area contributed by atoms with Crippen LogP contribution in [-0.4, -0.2) is 46.3 Å². The molecule has 4 N–H and O–H groups in total. The number of fused-ring (bicyclic) bond motifs is 10. The van der Waals surface area contributed by atoms with E-state index in [1.165, 1.54) is 24.3 Å². The van der Waals surface area contributed by atoms with Crippen LogP contribution >= 0.6 is 0 Å². The molecule has 14 heteroatoms. The zero-order valence-corrected chi connectivity index (χ0v) is 60.3. The quantitative estimate of drug-likeness (QED) is 0.0822. The van der Waals surface area contributed by atoms with Gasteiger partial charge in [-0.1, -0.05) is 109 Å². The molecule has 26 rings (SSSR count). The van der Waals surface area contributed by atoms with Crippen LogP contribution in [0.3, 0.4) is 0 Å². The van der Waals surface area contributed by atoms with Crippen LogP contribution in [0.25, 0.3) is 186 Å². The van der Waals surface area contributed by atoms with E-state index in [1.807, 2.05) is 133 Å². The van der Waals surface area contributed by atoms with Crippen molar-refractivity contribution in [1.29, 1.82) is 0 Å². The molecule has 534 valence electrons. The van der Waals surface area contributed by atoms with Gasteiger partial charge in [0.15, 0.2) is 57.1 Å². The number of hydrogen-bond acceptors (Lipinski definition) is 14. The molecule has 0 saturated heterocycles. The monoisotopic (exact) mass is 1490 g/mol.